The number of nitrogens with zero attached hydrogens (tertiary/aromatic N) is 2. The van der Waals surface area contributed by atoms with E-state index in [0.717, 1.165) is 22.5 Å². The molecule has 1 heterocycles. The van der Waals surface area contributed by atoms with Crippen LogP contribution < -0.4 is 5.32 Å². The van der Waals surface area contributed by atoms with Crippen LogP contribution in [0.25, 0.3) is 16.9 Å². The molecule has 0 radical (unpaired) electrons. The lowest BCUT2D eigenvalue weighted by Crippen LogP contribution is -2.23. The van der Waals surface area contributed by atoms with E-state index in [1.54, 1.807) is 10.7 Å². The Morgan fingerprint density at radius 1 is 0.929 bits per heavy atom. The standard InChI is InChI=1S/C23H18FN3O/c24-20-11-7-10-18(14-20)23(28)25-15-19-16-27(21-12-5-2-6-13-21)26-22(19)17-8-3-1-4-9-17/h1-14,16H,15H2,(H,25,28). The summed E-state index contributed by atoms with van der Waals surface area (Å²) >= 11 is 0. The molecule has 1 amide bonds. The summed E-state index contributed by atoms with van der Waals surface area (Å²) in [4.78, 5) is 12.4. The Hall–Kier alpha value is -3.73. The van der Waals surface area contributed by atoms with Crippen molar-refractivity contribution in [2.24, 2.45) is 0 Å². The molecule has 0 spiro atoms. The van der Waals surface area contributed by atoms with E-state index in [2.05, 4.69) is 5.32 Å². The Bertz CT molecular complexity index is 1090. The van der Waals surface area contributed by atoms with Gasteiger partial charge in [0.15, 0.2) is 0 Å². The molecule has 5 heteroatoms. The molecular weight excluding hydrogens is 353 g/mol. The first-order valence-corrected chi connectivity index (χ1v) is 8.94. The zero-order chi connectivity index (χ0) is 19.3. The maximum atomic E-state index is 13.4. The van der Waals surface area contributed by atoms with Gasteiger partial charge in [-0.3, -0.25) is 4.79 Å². The number of rotatable bonds is 5. The molecule has 4 aromatic rings. The summed E-state index contributed by atoms with van der Waals surface area (Å²) in [6, 6.07) is 25.2. The molecule has 4 rings (SSSR count). The van der Waals surface area contributed by atoms with Crippen LogP contribution in [0.5, 0.6) is 0 Å². The average Bonchev–Trinajstić information content (AvgIpc) is 3.17. The van der Waals surface area contributed by atoms with Crippen molar-refractivity contribution in [2.75, 3.05) is 0 Å². The smallest absolute Gasteiger partial charge is 0.251 e. The van der Waals surface area contributed by atoms with Crippen molar-refractivity contribution in [3.05, 3.63) is 108 Å². The van der Waals surface area contributed by atoms with Crippen molar-refractivity contribution in [1.29, 1.82) is 0 Å². The van der Waals surface area contributed by atoms with Crippen LogP contribution in [0.1, 0.15) is 15.9 Å². The molecule has 0 saturated heterocycles. The number of carbonyl (C=O) groups is 1. The lowest BCUT2D eigenvalue weighted by atomic mass is 10.1. The van der Waals surface area contributed by atoms with Gasteiger partial charge in [0, 0.05) is 29.4 Å². The topological polar surface area (TPSA) is 46.9 Å². The fourth-order valence-corrected chi connectivity index (χ4v) is 3.00. The summed E-state index contributed by atoms with van der Waals surface area (Å²) in [6.45, 7) is 0.284. The molecule has 0 bridgehead atoms. The Morgan fingerprint density at radius 2 is 1.64 bits per heavy atom. The van der Waals surface area contributed by atoms with Gasteiger partial charge in [-0.2, -0.15) is 5.10 Å². The van der Waals surface area contributed by atoms with Crippen LogP contribution in [0.15, 0.2) is 91.1 Å². The molecule has 0 aliphatic rings. The molecule has 0 aliphatic carbocycles. The van der Waals surface area contributed by atoms with Gasteiger partial charge in [0.1, 0.15) is 5.82 Å². The number of nitrogens with one attached hydrogen (secondary N) is 1. The number of carbonyl (C=O) groups excluding carboxylic acids is 1. The van der Waals surface area contributed by atoms with E-state index in [1.165, 1.54) is 18.2 Å². The molecule has 138 valence electrons. The average molecular weight is 371 g/mol. The number of hydrogen-bond donors (Lipinski definition) is 1. The van der Waals surface area contributed by atoms with Crippen LogP contribution in [0.4, 0.5) is 4.39 Å². The van der Waals surface area contributed by atoms with Gasteiger partial charge in [-0.1, -0.05) is 54.6 Å². The Labute approximate surface area is 162 Å². The van der Waals surface area contributed by atoms with E-state index in [1.807, 2.05) is 66.9 Å². The first kappa shape index (κ1) is 17.7. The Balaban J connectivity index is 1.63. The monoisotopic (exact) mass is 371 g/mol. The predicted molar refractivity (Wildman–Crippen MR) is 107 cm³/mol. The summed E-state index contributed by atoms with van der Waals surface area (Å²) in [5.41, 5.74) is 3.86. The number of halogens is 1. The van der Waals surface area contributed by atoms with Gasteiger partial charge in [0.25, 0.3) is 5.91 Å². The highest BCUT2D eigenvalue weighted by atomic mass is 19.1. The van der Waals surface area contributed by atoms with Gasteiger partial charge < -0.3 is 5.32 Å². The van der Waals surface area contributed by atoms with E-state index in [-0.39, 0.29) is 18.0 Å². The number of para-hydroxylation sites is 1. The highest BCUT2D eigenvalue weighted by molar-refractivity contribution is 5.94. The highest BCUT2D eigenvalue weighted by Gasteiger charge is 2.14. The molecule has 1 aromatic heterocycles. The van der Waals surface area contributed by atoms with Crippen LogP contribution in [0, 0.1) is 5.82 Å². The highest BCUT2D eigenvalue weighted by Crippen LogP contribution is 2.23. The van der Waals surface area contributed by atoms with Crippen molar-refractivity contribution in [3.8, 4) is 16.9 Å². The Morgan fingerprint density at radius 3 is 2.36 bits per heavy atom. The van der Waals surface area contributed by atoms with Gasteiger partial charge in [-0.05, 0) is 30.3 Å². The predicted octanol–water partition coefficient (Wildman–Crippen LogP) is 4.61. The van der Waals surface area contributed by atoms with Crippen molar-refractivity contribution >= 4 is 5.91 Å². The summed E-state index contributed by atoms with van der Waals surface area (Å²) in [7, 11) is 0. The minimum atomic E-state index is -0.436. The maximum absolute atomic E-state index is 13.4. The molecular formula is C23H18FN3O. The molecule has 0 saturated carbocycles. The lowest BCUT2D eigenvalue weighted by molar-refractivity contribution is 0.0950. The lowest BCUT2D eigenvalue weighted by Gasteiger charge is -2.06. The number of amides is 1. The molecule has 0 fully saturated rings. The molecule has 0 unspecified atom stereocenters. The van der Waals surface area contributed by atoms with E-state index >= 15 is 0 Å². The summed E-state index contributed by atoms with van der Waals surface area (Å²) in [6.07, 6.45) is 1.91. The molecule has 3 aromatic carbocycles. The van der Waals surface area contributed by atoms with Crippen molar-refractivity contribution in [2.45, 2.75) is 6.54 Å². The van der Waals surface area contributed by atoms with Crippen LogP contribution >= 0.6 is 0 Å². The van der Waals surface area contributed by atoms with Crippen LogP contribution in [0.3, 0.4) is 0 Å². The van der Waals surface area contributed by atoms with Gasteiger partial charge >= 0.3 is 0 Å². The quantitative estimate of drug-likeness (QED) is 0.557. The second-order valence-electron chi connectivity index (χ2n) is 6.34. The third-order valence-electron chi connectivity index (χ3n) is 4.38. The molecule has 28 heavy (non-hydrogen) atoms. The van der Waals surface area contributed by atoms with Gasteiger partial charge in [-0.25, -0.2) is 9.07 Å². The Kier molecular flexibility index (Phi) is 4.97. The van der Waals surface area contributed by atoms with E-state index in [0.29, 0.717) is 0 Å². The SMILES string of the molecule is O=C(NCc1cn(-c2ccccc2)nc1-c1ccccc1)c1cccc(F)c1. The van der Waals surface area contributed by atoms with Crippen molar-refractivity contribution in [3.63, 3.8) is 0 Å². The van der Waals surface area contributed by atoms with Crippen LogP contribution in [0.2, 0.25) is 0 Å². The number of benzene rings is 3. The third-order valence-corrected chi connectivity index (χ3v) is 4.38. The third kappa shape index (κ3) is 3.83. The van der Waals surface area contributed by atoms with E-state index in [4.69, 9.17) is 5.10 Å². The molecule has 1 N–H and O–H groups in total. The summed E-state index contributed by atoms with van der Waals surface area (Å²) < 4.78 is 15.2. The van der Waals surface area contributed by atoms with E-state index < -0.39 is 5.82 Å². The van der Waals surface area contributed by atoms with Gasteiger partial charge in [-0.15, -0.1) is 0 Å². The second kappa shape index (κ2) is 7.88. The largest absolute Gasteiger partial charge is 0.348 e. The fraction of sp³-hybridized carbons (Fsp3) is 0.0435. The minimum absolute atomic E-state index is 0.284. The van der Waals surface area contributed by atoms with Crippen molar-refractivity contribution in [1.82, 2.24) is 15.1 Å². The normalized spacial score (nSPS) is 10.6. The van der Waals surface area contributed by atoms with Gasteiger partial charge in [0.2, 0.25) is 0 Å². The zero-order valence-electron chi connectivity index (χ0n) is 15.0. The minimum Gasteiger partial charge on any atom is -0.348 e. The molecule has 0 aliphatic heterocycles. The molecule has 4 nitrogen and oxygen atoms in total. The zero-order valence-corrected chi connectivity index (χ0v) is 15.0. The summed E-state index contributed by atoms with van der Waals surface area (Å²) in [5.74, 6) is -0.763. The first-order valence-electron chi connectivity index (χ1n) is 8.94. The fourth-order valence-electron chi connectivity index (χ4n) is 3.00. The van der Waals surface area contributed by atoms with Crippen LogP contribution in [-0.2, 0) is 6.54 Å². The molecule has 0 atom stereocenters. The van der Waals surface area contributed by atoms with Gasteiger partial charge in [0.05, 0.1) is 11.4 Å². The first-order chi connectivity index (χ1) is 13.7. The van der Waals surface area contributed by atoms with Crippen LogP contribution in [-0.4, -0.2) is 15.7 Å². The van der Waals surface area contributed by atoms with Crippen molar-refractivity contribution < 1.29 is 9.18 Å². The number of aromatic nitrogens is 2. The summed E-state index contributed by atoms with van der Waals surface area (Å²) in [5, 5.41) is 7.58. The maximum Gasteiger partial charge on any atom is 0.251 e. The number of hydrogen-bond acceptors (Lipinski definition) is 2. The second-order valence-corrected chi connectivity index (χ2v) is 6.34. The van der Waals surface area contributed by atoms with E-state index in [9.17, 15) is 9.18 Å².